The highest BCUT2D eigenvalue weighted by molar-refractivity contribution is 6.79. The standard InChI is InChI=1S/C34H52F12O9Si/c1-19(24(48)53-26(31(35,36)37)32(38,39)40)23(25(49)54-27(33(41,42)43)34(44,45)46)17-30(7,55-20(2)47)16-22(50-14-12-29(5,6)56(8,9)10)15-28(3,4)52-13-11-21-18-51-21/h19,21-23,26-27H,11-18H2,1-10H3. The van der Waals surface area contributed by atoms with E-state index in [1.165, 1.54) is 0 Å². The van der Waals surface area contributed by atoms with E-state index in [2.05, 4.69) is 29.1 Å². The average Bonchev–Trinajstić information content (AvgIpc) is 3.77. The Morgan fingerprint density at radius 3 is 1.55 bits per heavy atom. The van der Waals surface area contributed by atoms with Gasteiger partial charge in [-0.1, -0.05) is 40.4 Å². The van der Waals surface area contributed by atoms with Crippen LogP contribution in [-0.4, -0.2) is 106 Å². The van der Waals surface area contributed by atoms with Gasteiger partial charge in [0.2, 0.25) is 0 Å². The molecule has 1 saturated heterocycles. The van der Waals surface area contributed by atoms with Crippen LogP contribution in [0.1, 0.15) is 80.6 Å². The topological polar surface area (TPSA) is 110 Å². The summed E-state index contributed by atoms with van der Waals surface area (Å²) in [7, 11) is -1.81. The number of hydrogen-bond acceptors (Lipinski definition) is 9. The van der Waals surface area contributed by atoms with Crippen molar-refractivity contribution in [1.82, 2.24) is 0 Å². The van der Waals surface area contributed by atoms with Gasteiger partial charge < -0.3 is 28.4 Å². The monoisotopic (exact) mass is 860 g/mol. The minimum atomic E-state index is -6.31. The third-order valence-corrected chi connectivity index (χ3v) is 14.1. The van der Waals surface area contributed by atoms with E-state index in [1.807, 2.05) is 13.8 Å². The predicted octanol–water partition coefficient (Wildman–Crippen LogP) is 9.28. The Kier molecular flexibility index (Phi) is 17.3. The summed E-state index contributed by atoms with van der Waals surface area (Å²) >= 11 is 0. The van der Waals surface area contributed by atoms with Gasteiger partial charge in [0.05, 0.1) is 36.3 Å². The molecular formula is C34H52F12O9Si. The van der Waals surface area contributed by atoms with Crippen LogP contribution in [0.25, 0.3) is 0 Å². The van der Waals surface area contributed by atoms with Crippen molar-refractivity contribution < 1.29 is 95.5 Å². The van der Waals surface area contributed by atoms with Crippen molar-refractivity contribution >= 4 is 26.0 Å². The van der Waals surface area contributed by atoms with E-state index in [-0.39, 0.29) is 30.8 Å². The molecule has 0 amide bonds. The van der Waals surface area contributed by atoms with Crippen LogP contribution >= 0.6 is 0 Å². The lowest BCUT2D eigenvalue weighted by atomic mass is 9.79. The molecule has 1 aliphatic heterocycles. The summed E-state index contributed by atoms with van der Waals surface area (Å²) in [5.74, 6) is -11.5. The molecule has 0 spiro atoms. The molecule has 0 N–H and O–H groups in total. The van der Waals surface area contributed by atoms with Crippen molar-refractivity contribution in [2.24, 2.45) is 11.8 Å². The van der Waals surface area contributed by atoms with Crippen molar-refractivity contribution in [3.63, 3.8) is 0 Å². The number of epoxide rings is 1. The highest BCUT2D eigenvalue weighted by Gasteiger charge is 2.62. The van der Waals surface area contributed by atoms with Crippen LogP contribution in [0.4, 0.5) is 52.7 Å². The largest absolute Gasteiger partial charge is 0.459 e. The number of rotatable bonds is 21. The molecule has 1 rings (SSSR count). The smallest absolute Gasteiger partial charge is 0.434 e. The van der Waals surface area contributed by atoms with Gasteiger partial charge in [0.25, 0.3) is 12.2 Å². The first-order valence-corrected chi connectivity index (χ1v) is 21.1. The van der Waals surface area contributed by atoms with Crippen molar-refractivity contribution in [3.05, 3.63) is 0 Å². The van der Waals surface area contributed by atoms with E-state index in [0.717, 1.165) is 13.8 Å². The molecule has 22 heteroatoms. The van der Waals surface area contributed by atoms with Crippen LogP contribution < -0.4 is 0 Å². The van der Waals surface area contributed by atoms with Crippen LogP contribution in [0.5, 0.6) is 0 Å². The summed E-state index contributed by atoms with van der Waals surface area (Å²) in [6, 6.07) is 0. The molecule has 0 aromatic rings. The summed E-state index contributed by atoms with van der Waals surface area (Å²) in [6.45, 7) is 16.8. The summed E-state index contributed by atoms with van der Waals surface area (Å²) in [4.78, 5) is 38.5. The highest BCUT2D eigenvalue weighted by atomic mass is 28.3. The number of halogens is 12. The van der Waals surface area contributed by atoms with E-state index in [9.17, 15) is 67.1 Å². The fourth-order valence-electron chi connectivity index (χ4n) is 5.51. The number of hydrogen-bond donors (Lipinski definition) is 0. The number of carbonyl (C=O) groups excluding carboxylic acids is 3. The lowest BCUT2D eigenvalue weighted by Gasteiger charge is -2.40. The Balaban J connectivity index is 3.74. The molecule has 330 valence electrons. The maximum absolute atomic E-state index is 13.4. The molecule has 0 aromatic heterocycles. The summed E-state index contributed by atoms with van der Waals surface area (Å²) < 4.78 is 190. The van der Waals surface area contributed by atoms with Crippen molar-refractivity contribution in [2.75, 3.05) is 19.8 Å². The number of esters is 3. The quantitative estimate of drug-likeness (QED) is 0.0367. The first-order valence-electron chi connectivity index (χ1n) is 17.6. The van der Waals surface area contributed by atoms with Gasteiger partial charge in [-0.15, -0.1) is 0 Å². The molecule has 9 nitrogen and oxygen atoms in total. The molecule has 1 aliphatic rings. The lowest BCUT2D eigenvalue weighted by molar-refractivity contribution is -0.317. The summed E-state index contributed by atoms with van der Waals surface area (Å²) in [5, 5.41) is -0.212. The van der Waals surface area contributed by atoms with Gasteiger partial charge in [-0.3, -0.25) is 14.4 Å². The molecule has 5 unspecified atom stereocenters. The van der Waals surface area contributed by atoms with Gasteiger partial charge in [-0.25, -0.2) is 0 Å². The zero-order valence-corrected chi connectivity index (χ0v) is 33.8. The fraction of sp³-hybridized carbons (Fsp3) is 0.912. The normalized spacial score (nSPS) is 19.0. The minimum Gasteiger partial charge on any atom is -0.459 e. The Morgan fingerprint density at radius 1 is 0.714 bits per heavy atom. The third-order valence-electron chi connectivity index (χ3n) is 9.80. The Morgan fingerprint density at radius 2 is 1.16 bits per heavy atom. The van der Waals surface area contributed by atoms with Crippen LogP contribution in [-0.2, 0) is 42.8 Å². The van der Waals surface area contributed by atoms with E-state index in [4.69, 9.17) is 18.9 Å². The molecule has 0 bridgehead atoms. The molecule has 0 saturated carbocycles. The molecular weight excluding hydrogens is 808 g/mol. The fourth-order valence-corrected chi connectivity index (χ4v) is 6.36. The van der Waals surface area contributed by atoms with Crippen LogP contribution in [0.15, 0.2) is 0 Å². The third kappa shape index (κ3) is 17.3. The van der Waals surface area contributed by atoms with Crippen molar-refractivity contribution in [2.45, 2.75) is 166 Å². The molecule has 0 aromatic carbocycles. The van der Waals surface area contributed by atoms with Crippen molar-refractivity contribution in [1.29, 1.82) is 0 Å². The zero-order valence-electron chi connectivity index (χ0n) is 32.8. The molecule has 1 fully saturated rings. The average molecular weight is 861 g/mol. The Hall–Kier alpha value is -2.33. The maximum atomic E-state index is 13.4. The first-order chi connectivity index (χ1) is 24.8. The maximum Gasteiger partial charge on any atom is 0.434 e. The molecule has 0 radical (unpaired) electrons. The highest BCUT2D eigenvalue weighted by Crippen LogP contribution is 2.43. The van der Waals surface area contributed by atoms with Crippen LogP contribution in [0.3, 0.4) is 0 Å². The minimum absolute atomic E-state index is 0.00361. The second kappa shape index (κ2) is 18.7. The number of ether oxygens (including phenoxy) is 6. The Bertz CT molecular complexity index is 1280. The van der Waals surface area contributed by atoms with E-state index in [1.54, 1.807) is 13.8 Å². The van der Waals surface area contributed by atoms with E-state index < -0.39 is 105 Å². The second-order valence-electron chi connectivity index (χ2n) is 16.6. The molecule has 5 atom stereocenters. The molecule has 1 heterocycles. The zero-order chi connectivity index (χ0) is 44.1. The van der Waals surface area contributed by atoms with E-state index >= 15 is 0 Å². The van der Waals surface area contributed by atoms with Gasteiger partial charge in [0.1, 0.15) is 5.60 Å². The number of alkyl halides is 12. The SMILES string of the molecule is CC(=O)OC(C)(CC(CC(C)(C)OCCC1CO1)OCCC(C)(C)[Si](C)(C)C)CC(C(=O)OC(C(F)(F)F)C(F)(F)F)C(C)C(=O)OC(C(F)(F)F)C(F)(F)F. The summed E-state index contributed by atoms with van der Waals surface area (Å²) in [6.07, 6.45) is -36.6. The van der Waals surface area contributed by atoms with Crippen LogP contribution in [0.2, 0.25) is 24.7 Å². The summed E-state index contributed by atoms with van der Waals surface area (Å²) in [5.41, 5.74) is -3.22. The molecule has 0 aliphatic carbocycles. The van der Waals surface area contributed by atoms with Gasteiger partial charge >= 0.3 is 42.6 Å². The van der Waals surface area contributed by atoms with E-state index in [0.29, 0.717) is 26.4 Å². The lowest BCUT2D eigenvalue weighted by Crippen LogP contribution is -2.50. The van der Waals surface area contributed by atoms with Gasteiger partial charge in [-0.05, 0) is 38.7 Å². The second-order valence-corrected chi connectivity index (χ2v) is 22.4. The first kappa shape index (κ1) is 51.7. The molecule has 56 heavy (non-hydrogen) atoms. The van der Waals surface area contributed by atoms with Gasteiger partial charge in [0.15, 0.2) is 0 Å². The van der Waals surface area contributed by atoms with Gasteiger partial charge in [0, 0.05) is 47.5 Å². The van der Waals surface area contributed by atoms with Crippen molar-refractivity contribution in [3.8, 4) is 0 Å². The van der Waals surface area contributed by atoms with Crippen LogP contribution in [0, 0.1) is 11.8 Å². The number of carbonyl (C=O) groups is 3. The Labute approximate surface area is 318 Å². The predicted molar refractivity (Wildman–Crippen MR) is 177 cm³/mol. The van der Waals surface area contributed by atoms with Gasteiger partial charge in [-0.2, -0.15) is 52.7 Å².